The fourth-order valence-corrected chi connectivity index (χ4v) is 3.09. The summed E-state index contributed by atoms with van der Waals surface area (Å²) in [7, 11) is 0. The van der Waals surface area contributed by atoms with Crippen molar-refractivity contribution < 1.29 is 0 Å². The van der Waals surface area contributed by atoms with Crippen LogP contribution in [0.3, 0.4) is 0 Å². The molecule has 0 spiro atoms. The van der Waals surface area contributed by atoms with Crippen LogP contribution in [0.15, 0.2) is 85.1 Å². The average Bonchev–Trinajstić information content (AvgIpc) is 3.17. The topological polar surface area (TPSA) is 68.9 Å². The summed E-state index contributed by atoms with van der Waals surface area (Å²) in [4.78, 5) is 9.07. The van der Waals surface area contributed by atoms with Gasteiger partial charge in [-0.2, -0.15) is 9.61 Å². The Bertz CT molecular complexity index is 1230. The van der Waals surface area contributed by atoms with Gasteiger partial charge in [-0.3, -0.25) is 0 Å². The van der Waals surface area contributed by atoms with Gasteiger partial charge in [0, 0.05) is 17.3 Å². The second-order valence-electron chi connectivity index (χ2n) is 6.39. The molecular weight excluding hydrogens is 348 g/mol. The summed E-state index contributed by atoms with van der Waals surface area (Å²) in [6.45, 7) is 0. The molecule has 0 radical (unpaired) electrons. The Hall–Kier alpha value is -3.93. The lowest BCUT2D eigenvalue weighted by Crippen LogP contribution is -2.03. The van der Waals surface area contributed by atoms with Crippen molar-refractivity contribution in [2.45, 2.75) is 6.42 Å². The average molecular weight is 364 g/mol. The van der Waals surface area contributed by atoms with Gasteiger partial charge < -0.3 is 0 Å². The molecule has 2 aromatic carbocycles. The maximum Gasteiger partial charge on any atom is 0.177 e. The summed E-state index contributed by atoms with van der Waals surface area (Å²) in [5.41, 5.74) is 4.50. The molecule has 0 atom stereocenters. The predicted molar refractivity (Wildman–Crippen MR) is 106 cm³/mol. The first-order chi connectivity index (χ1) is 13.9. The monoisotopic (exact) mass is 364 g/mol. The van der Waals surface area contributed by atoms with Gasteiger partial charge in [-0.25, -0.2) is 9.97 Å². The van der Waals surface area contributed by atoms with Crippen molar-refractivity contribution in [3.63, 3.8) is 0 Å². The Morgan fingerprint density at radius 2 is 1.46 bits per heavy atom. The second kappa shape index (κ2) is 7.00. The van der Waals surface area contributed by atoms with Crippen molar-refractivity contribution in [3.8, 4) is 22.6 Å². The van der Waals surface area contributed by atoms with Gasteiger partial charge in [-0.1, -0.05) is 60.7 Å². The highest BCUT2D eigenvalue weighted by atomic mass is 15.4. The molecule has 3 heterocycles. The second-order valence-corrected chi connectivity index (χ2v) is 6.39. The molecule has 5 rings (SSSR count). The molecule has 0 unspecified atom stereocenters. The zero-order valence-electron chi connectivity index (χ0n) is 15.0. The number of aromatic nitrogens is 6. The highest BCUT2D eigenvalue weighted by Crippen LogP contribution is 2.18. The standard InChI is InChI=1S/C22H16N6/c1-3-7-16(8-4-1)19-11-12-20-25-26-21(28(20)27-19)15-18-13-14-23-22(24-18)17-9-5-2-6-10-17/h1-14H,15H2. The summed E-state index contributed by atoms with van der Waals surface area (Å²) in [6.07, 6.45) is 2.30. The molecule has 0 N–H and O–H groups in total. The third kappa shape index (κ3) is 3.12. The predicted octanol–water partition coefficient (Wildman–Crippen LogP) is 3.84. The molecule has 0 bridgehead atoms. The first-order valence-corrected chi connectivity index (χ1v) is 9.01. The zero-order valence-corrected chi connectivity index (χ0v) is 15.0. The fourth-order valence-electron chi connectivity index (χ4n) is 3.09. The fraction of sp³-hybridized carbons (Fsp3) is 0.0455. The van der Waals surface area contributed by atoms with Crippen molar-refractivity contribution in [2.24, 2.45) is 0 Å². The molecule has 134 valence electrons. The van der Waals surface area contributed by atoms with E-state index in [-0.39, 0.29) is 0 Å². The minimum atomic E-state index is 0.523. The molecule has 0 aliphatic heterocycles. The van der Waals surface area contributed by atoms with Crippen LogP contribution in [0.25, 0.3) is 28.3 Å². The highest BCUT2D eigenvalue weighted by Gasteiger charge is 2.11. The summed E-state index contributed by atoms with van der Waals surface area (Å²) < 4.78 is 1.78. The van der Waals surface area contributed by atoms with Gasteiger partial charge >= 0.3 is 0 Å². The summed E-state index contributed by atoms with van der Waals surface area (Å²) >= 11 is 0. The minimum Gasteiger partial charge on any atom is -0.237 e. The van der Waals surface area contributed by atoms with E-state index < -0.39 is 0 Å². The van der Waals surface area contributed by atoms with E-state index in [2.05, 4.69) is 20.2 Å². The molecule has 0 aliphatic carbocycles. The quantitative estimate of drug-likeness (QED) is 0.485. The minimum absolute atomic E-state index is 0.523. The first-order valence-electron chi connectivity index (χ1n) is 9.01. The van der Waals surface area contributed by atoms with Crippen LogP contribution in [-0.2, 0) is 6.42 Å². The third-order valence-corrected chi connectivity index (χ3v) is 4.48. The van der Waals surface area contributed by atoms with Crippen LogP contribution >= 0.6 is 0 Å². The number of nitrogens with zero attached hydrogens (tertiary/aromatic N) is 6. The lowest BCUT2D eigenvalue weighted by molar-refractivity contribution is 0.828. The molecule has 0 saturated heterocycles. The van der Waals surface area contributed by atoms with Crippen molar-refractivity contribution >= 4 is 5.65 Å². The van der Waals surface area contributed by atoms with Crippen LogP contribution < -0.4 is 0 Å². The molecule has 0 aliphatic rings. The smallest absolute Gasteiger partial charge is 0.177 e. The molecule has 0 amide bonds. The van der Waals surface area contributed by atoms with Crippen LogP contribution in [0.5, 0.6) is 0 Å². The number of hydrogen-bond donors (Lipinski definition) is 0. The zero-order chi connectivity index (χ0) is 18.8. The lowest BCUT2D eigenvalue weighted by Gasteiger charge is -2.04. The van der Waals surface area contributed by atoms with E-state index in [9.17, 15) is 0 Å². The van der Waals surface area contributed by atoms with E-state index in [1.165, 1.54) is 0 Å². The van der Waals surface area contributed by atoms with Gasteiger partial charge in [-0.05, 0) is 18.2 Å². The molecule has 6 nitrogen and oxygen atoms in total. The van der Waals surface area contributed by atoms with Gasteiger partial charge in [0.05, 0.1) is 17.8 Å². The molecular formula is C22H16N6. The normalized spacial score (nSPS) is 11.0. The number of rotatable bonds is 4. The largest absolute Gasteiger partial charge is 0.237 e. The summed E-state index contributed by atoms with van der Waals surface area (Å²) in [6, 6.07) is 25.8. The Balaban J connectivity index is 1.50. The summed E-state index contributed by atoms with van der Waals surface area (Å²) in [5, 5.41) is 13.3. The van der Waals surface area contributed by atoms with Crippen LogP contribution in [0.2, 0.25) is 0 Å². The van der Waals surface area contributed by atoms with Gasteiger partial charge in [0.2, 0.25) is 0 Å². The van der Waals surface area contributed by atoms with Crippen LogP contribution in [0, 0.1) is 0 Å². The Morgan fingerprint density at radius 1 is 0.714 bits per heavy atom. The Labute approximate surface area is 161 Å². The molecule has 3 aromatic heterocycles. The number of benzene rings is 2. The van der Waals surface area contributed by atoms with Crippen LogP contribution in [-0.4, -0.2) is 29.8 Å². The van der Waals surface area contributed by atoms with E-state index in [0.717, 1.165) is 28.3 Å². The van der Waals surface area contributed by atoms with Gasteiger partial charge in [0.25, 0.3) is 0 Å². The van der Waals surface area contributed by atoms with Crippen LogP contribution in [0.4, 0.5) is 0 Å². The van der Waals surface area contributed by atoms with Gasteiger partial charge in [0.15, 0.2) is 17.3 Å². The lowest BCUT2D eigenvalue weighted by atomic mass is 10.1. The molecule has 0 fully saturated rings. The number of fused-ring (bicyclic) bond motifs is 1. The maximum atomic E-state index is 4.73. The molecule has 28 heavy (non-hydrogen) atoms. The Morgan fingerprint density at radius 3 is 2.25 bits per heavy atom. The van der Waals surface area contributed by atoms with E-state index >= 15 is 0 Å². The SMILES string of the molecule is c1ccc(-c2ccc3nnc(Cc4ccnc(-c5ccccc5)n4)n3n2)cc1. The molecule has 0 saturated carbocycles. The van der Waals surface area contributed by atoms with E-state index in [1.54, 1.807) is 10.7 Å². The van der Waals surface area contributed by atoms with Crippen molar-refractivity contribution in [1.29, 1.82) is 0 Å². The third-order valence-electron chi connectivity index (χ3n) is 4.48. The van der Waals surface area contributed by atoms with Crippen molar-refractivity contribution in [2.75, 3.05) is 0 Å². The number of hydrogen-bond acceptors (Lipinski definition) is 5. The van der Waals surface area contributed by atoms with Crippen molar-refractivity contribution in [1.82, 2.24) is 29.8 Å². The van der Waals surface area contributed by atoms with E-state index in [0.29, 0.717) is 17.9 Å². The molecule has 5 aromatic rings. The van der Waals surface area contributed by atoms with Gasteiger partial charge in [-0.15, -0.1) is 10.2 Å². The first kappa shape index (κ1) is 16.3. The molecule has 6 heteroatoms. The highest BCUT2D eigenvalue weighted by molar-refractivity contribution is 5.60. The summed E-state index contributed by atoms with van der Waals surface area (Å²) in [5.74, 6) is 1.44. The van der Waals surface area contributed by atoms with Crippen LogP contribution in [0.1, 0.15) is 11.5 Å². The Kier molecular flexibility index (Phi) is 4.06. The van der Waals surface area contributed by atoms with E-state index in [4.69, 9.17) is 5.10 Å². The van der Waals surface area contributed by atoms with E-state index in [1.807, 2.05) is 78.9 Å². The van der Waals surface area contributed by atoms with Gasteiger partial charge in [0.1, 0.15) is 0 Å². The maximum absolute atomic E-state index is 4.73. The van der Waals surface area contributed by atoms with Crippen molar-refractivity contribution in [3.05, 3.63) is 96.6 Å².